The molecule has 0 spiro atoms. The van der Waals surface area contributed by atoms with E-state index >= 15 is 0 Å². The van der Waals surface area contributed by atoms with E-state index in [9.17, 15) is 0 Å². The summed E-state index contributed by atoms with van der Waals surface area (Å²) in [6.07, 6.45) is 0. The zero-order valence-corrected chi connectivity index (χ0v) is 12.6. The van der Waals surface area contributed by atoms with Crippen molar-refractivity contribution in [1.29, 1.82) is 0 Å². The van der Waals surface area contributed by atoms with Gasteiger partial charge < -0.3 is 14.8 Å². The molecule has 2 rings (SSSR count). The molecule has 1 N–H and O–H groups in total. The summed E-state index contributed by atoms with van der Waals surface area (Å²) >= 11 is 5.95. The van der Waals surface area contributed by atoms with E-state index in [0.717, 1.165) is 27.6 Å². The largest absolute Gasteiger partial charge is 0.497 e. The highest BCUT2D eigenvalue weighted by molar-refractivity contribution is 6.30. The minimum absolute atomic E-state index is 0.0114. The fraction of sp³-hybridized carbons (Fsp3) is 0.250. The molecule has 106 valence electrons. The Morgan fingerprint density at radius 2 is 1.70 bits per heavy atom. The lowest BCUT2D eigenvalue weighted by Crippen LogP contribution is -2.18. The quantitative estimate of drug-likeness (QED) is 0.912. The second-order valence-corrected chi connectivity index (χ2v) is 4.82. The predicted molar refractivity (Wildman–Crippen MR) is 81.9 cm³/mol. The first-order chi connectivity index (χ1) is 9.69. The molecule has 0 amide bonds. The van der Waals surface area contributed by atoms with E-state index in [1.165, 1.54) is 0 Å². The van der Waals surface area contributed by atoms with Crippen LogP contribution in [0.3, 0.4) is 0 Å². The number of nitrogens with one attached hydrogen (secondary N) is 1. The van der Waals surface area contributed by atoms with E-state index in [1.807, 2.05) is 49.5 Å². The lowest BCUT2D eigenvalue weighted by atomic mass is 9.97. The standard InChI is InChI=1S/C16H18ClNO2/c1-18-16(11-4-6-12(17)7-5-11)14-10-13(19-2)8-9-15(14)20-3/h4-10,16,18H,1-3H3. The topological polar surface area (TPSA) is 30.5 Å². The molecule has 0 bridgehead atoms. The maximum atomic E-state index is 5.95. The van der Waals surface area contributed by atoms with E-state index < -0.39 is 0 Å². The Kier molecular flexibility index (Phi) is 4.88. The third-order valence-electron chi connectivity index (χ3n) is 3.24. The fourth-order valence-corrected chi connectivity index (χ4v) is 2.35. The molecule has 2 aromatic carbocycles. The first-order valence-corrected chi connectivity index (χ1v) is 6.72. The van der Waals surface area contributed by atoms with Crippen LogP contribution in [0.4, 0.5) is 0 Å². The minimum Gasteiger partial charge on any atom is -0.497 e. The highest BCUT2D eigenvalue weighted by Crippen LogP contribution is 2.33. The lowest BCUT2D eigenvalue weighted by molar-refractivity contribution is 0.395. The van der Waals surface area contributed by atoms with Crippen LogP contribution in [0.1, 0.15) is 17.2 Å². The van der Waals surface area contributed by atoms with Gasteiger partial charge in [-0.3, -0.25) is 0 Å². The van der Waals surface area contributed by atoms with Crippen molar-refractivity contribution in [3.63, 3.8) is 0 Å². The summed E-state index contributed by atoms with van der Waals surface area (Å²) in [7, 11) is 5.24. The Hall–Kier alpha value is -1.71. The summed E-state index contributed by atoms with van der Waals surface area (Å²) in [5.41, 5.74) is 2.14. The van der Waals surface area contributed by atoms with Crippen molar-refractivity contribution in [2.75, 3.05) is 21.3 Å². The zero-order chi connectivity index (χ0) is 14.5. The van der Waals surface area contributed by atoms with E-state index in [-0.39, 0.29) is 6.04 Å². The maximum absolute atomic E-state index is 5.95. The van der Waals surface area contributed by atoms with Gasteiger partial charge in [0.2, 0.25) is 0 Å². The predicted octanol–water partition coefficient (Wildman–Crippen LogP) is 3.67. The Morgan fingerprint density at radius 3 is 2.25 bits per heavy atom. The Morgan fingerprint density at radius 1 is 1.00 bits per heavy atom. The number of hydrogen-bond donors (Lipinski definition) is 1. The van der Waals surface area contributed by atoms with Gasteiger partial charge in [-0.05, 0) is 42.9 Å². The molecule has 0 saturated heterocycles. The molecule has 0 saturated carbocycles. The van der Waals surface area contributed by atoms with Crippen molar-refractivity contribution >= 4 is 11.6 Å². The SMILES string of the molecule is CNC(c1ccc(Cl)cc1)c1cc(OC)ccc1OC. The summed E-state index contributed by atoms with van der Waals surface area (Å²) < 4.78 is 10.8. The second kappa shape index (κ2) is 6.64. The van der Waals surface area contributed by atoms with Crippen LogP contribution in [0, 0.1) is 0 Å². The highest BCUT2D eigenvalue weighted by Gasteiger charge is 2.17. The number of rotatable bonds is 5. The van der Waals surface area contributed by atoms with E-state index in [2.05, 4.69) is 5.32 Å². The fourth-order valence-electron chi connectivity index (χ4n) is 2.22. The number of hydrogen-bond acceptors (Lipinski definition) is 3. The average molecular weight is 292 g/mol. The van der Waals surface area contributed by atoms with Gasteiger partial charge in [0, 0.05) is 10.6 Å². The molecule has 0 aromatic heterocycles. The number of ether oxygens (including phenoxy) is 2. The number of methoxy groups -OCH3 is 2. The van der Waals surface area contributed by atoms with Gasteiger partial charge in [-0.25, -0.2) is 0 Å². The number of benzene rings is 2. The van der Waals surface area contributed by atoms with Crippen LogP contribution in [0.2, 0.25) is 5.02 Å². The normalized spacial score (nSPS) is 12.0. The monoisotopic (exact) mass is 291 g/mol. The van der Waals surface area contributed by atoms with Crippen LogP contribution >= 0.6 is 11.6 Å². The van der Waals surface area contributed by atoms with Gasteiger partial charge in [-0.1, -0.05) is 23.7 Å². The van der Waals surface area contributed by atoms with E-state index in [1.54, 1.807) is 14.2 Å². The summed E-state index contributed by atoms with van der Waals surface area (Å²) in [6, 6.07) is 13.6. The Bertz CT molecular complexity index is 569. The van der Waals surface area contributed by atoms with Crippen molar-refractivity contribution in [3.05, 3.63) is 58.6 Å². The molecule has 4 heteroatoms. The van der Waals surface area contributed by atoms with Crippen molar-refractivity contribution in [1.82, 2.24) is 5.32 Å². The maximum Gasteiger partial charge on any atom is 0.124 e. The van der Waals surface area contributed by atoms with Gasteiger partial charge in [0.15, 0.2) is 0 Å². The summed E-state index contributed by atoms with van der Waals surface area (Å²) in [5, 5.41) is 4.02. The smallest absolute Gasteiger partial charge is 0.124 e. The van der Waals surface area contributed by atoms with Crippen LogP contribution < -0.4 is 14.8 Å². The Balaban J connectivity index is 2.47. The number of halogens is 1. The molecular formula is C16H18ClNO2. The van der Waals surface area contributed by atoms with Crippen molar-refractivity contribution in [2.24, 2.45) is 0 Å². The molecule has 1 atom stereocenters. The van der Waals surface area contributed by atoms with Crippen molar-refractivity contribution in [2.45, 2.75) is 6.04 Å². The van der Waals surface area contributed by atoms with Crippen LogP contribution in [-0.4, -0.2) is 21.3 Å². The van der Waals surface area contributed by atoms with Crippen LogP contribution in [0.5, 0.6) is 11.5 Å². The molecule has 0 fully saturated rings. The summed E-state index contributed by atoms with van der Waals surface area (Å²) in [5.74, 6) is 1.62. The average Bonchev–Trinajstić information content (AvgIpc) is 2.49. The first-order valence-electron chi connectivity index (χ1n) is 6.34. The molecule has 2 aromatic rings. The third-order valence-corrected chi connectivity index (χ3v) is 3.49. The molecule has 3 nitrogen and oxygen atoms in total. The molecule has 1 unspecified atom stereocenters. The van der Waals surface area contributed by atoms with E-state index in [0.29, 0.717) is 0 Å². The summed E-state index contributed by atoms with van der Waals surface area (Å²) in [4.78, 5) is 0. The van der Waals surface area contributed by atoms with Gasteiger partial charge in [0.25, 0.3) is 0 Å². The molecular weight excluding hydrogens is 274 g/mol. The zero-order valence-electron chi connectivity index (χ0n) is 11.8. The highest BCUT2D eigenvalue weighted by atomic mass is 35.5. The molecule has 0 aliphatic carbocycles. The Labute approximate surface area is 124 Å². The van der Waals surface area contributed by atoms with Crippen molar-refractivity contribution in [3.8, 4) is 11.5 Å². The summed E-state index contributed by atoms with van der Waals surface area (Å²) in [6.45, 7) is 0. The molecule has 20 heavy (non-hydrogen) atoms. The molecule has 0 heterocycles. The van der Waals surface area contributed by atoms with Crippen molar-refractivity contribution < 1.29 is 9.47 Å². The molecule has 0 aliphatic heterocycles. The van der Waals surface area contributed by atoms with Gasteiger partial charge >= 0.3 is 0 Å². The lowest BCUT2D eigenvalue weighted by Gasteiger charge is -2.20. The van der Waals surface area contributed by atoms with Gasteiger partial charge in [-0.15, -0.1) is 0 Å². The molecule has 0 aliphatic rings. The molecule has 0 radical (unpaired) electrons. The second-order valence-electron chi connectivity index (χ2n) is 4.38. The van der Waals surface area contributed by atoms with Crippen LogP contribution in [-0.2, 0) is 0 Å². The van der Waals surface area contributed by atoms with E-state index in [4.69, 9.17) is 21.1 Å². The third kappa shape index (κ3) is 3.06. The first kappa shape index (κ1) is 14.7. The minimum atomic E-state index is 0.0114. The van der Waals surface area contributed by atoms with Gasteiger partial charge in [0.05, 0.1) is 20.3 Å². The van der Waals surface area contributed by atoms with Crippen LogP contribution in [0.15, 0.2) is 42.5 Å². The van der Waals surface area contributed by atoms with Gasteiger partial charge in [-0.2, -0.15) is 0 Å². The van der Waals surface area contributed by atoms with Crippen LogP contribution in [0.25, 0.3) is 0 Å². The van der Waals surface area contributed by atoms with Gasteiger partial charge in [0.1, 0.15) is 11.5 Å².